The molecule has 0 spiro atoms. The van der Waals surface area contributed by atoms with E-state index in [4.69, 9.17) is 0 Å². The fourth-order valence-electron chi connectivity index (χ4n) is 3.14. The van der Waals surface area contributed by atoms with Gasteiger partial charge in [-0.25, -0.2) is 0 Å². The summed E-state index contributed by atoms with van der Waals surface area (Å²) in [4.78, 5) is 2.44. The fraction of sp³-hybridized carbons (Fsp3) is 1.00. The van der Waals surface area contributed by atoms with Crippen LogP contribution >= 0.6 is 0 Å². The zero-order valence-corrected chi connectivity index (χ0v) is 12.0. The number of aliphatic hydroxyl groups is 1. The van der Waals surface area contributed by atoms with Crippen LogP contribution in [0.2, 0.25) is 0 Å². The van der Waals surface area contributed by atoms with Gasteiger partial charge in [-0.3, -0.25) is 0 Å². The molecule has 0 saturated heterocycles. The number of aliphatic hydroxyl groups excluding tert-OH is 1. The molecule has 0 radical (unpaired) electrons. The van der Waals surface area contributed by atoms with Gasteiger partial charge in [-0.1, -0.05) is 46.0 Å². The van der Waals surface area contributed by atoms with E-state index in [0.29, 0.717) is 6.61 Å². The molecular weight excluding hydrogens is 210 g/mol. The van der Waals surface area contributed by atoms with E-state index in [1.165, 1.54) is 44.9 Å². The number of hydrogen-bond acceptors (Lipinski definition) is 2. The van der Waals surface area contributed by atoms with Crippen molar-refractivity contribution in [1.29, 1.82) is 0 Å². The molecule has 2 nitrogen and oxygen atoms in total. The second kappa shape index (κ2) is 7.38. The number of rotatable bonds is 6. The summed E-state index contributed by atoms with van der Waals surface area (Å²) in [6.45, 7) is 7.19. The van der Waals surface area contributed by atoms with Gasteiger partial charge in [0.2, 0.25) is 0 Å². The lowest BCUT2D eigenvalue weighted by atomic mass is 9.80. The Morgan fingerprint density at radius 2 is 1.76 bits per heavy atom. The molecule has 0 heterocycles. The predicted molar refractivity (Wildman–Crippen MR) is 74.2 cm³/mol. The summed E-state index contributed by atoms with van der Waals surface area (Å²) in [6.07, 6.45) is 9.00. The molecule has 0 aromatic carbocycles. The van der Waals surface area contributed by atoms with Crippen molar-refractivity contribution in [2.45, 2.75) is 58.8 Å². The smallest absolute Gasteiger partial charge is 0.0499 e. The van der Waals surface area contributed by atoms with Crippen LogP contribution in [0.1, 0.15) is 58.8 Å². The van der Waals surface area contributed by atoms with Crippen LogP contribution < -0.4 is 0 Å². The Balaban J connectivity index is 2.48. The second-order valence-corrected chi connectivity index (χ2v) is 6.28. The van der Waals surface area contributed by atoms with Gasteiger partial charge in [0.1, 0.15) is 0 Å². The average Bonchev–Trinajstić information content (AvgIpc) is 2.55. The first kappa shape index (κ1) is 15.0. The van der Waals surface area contributed by atoms with Crippen molar-refractivity contribution in [2.75, 3.05) is 26.7 Å². The molecule has 0 bridgehead atoms. The molecule has 0 aliphatic heterocycles. The Morgan fingerprint density at radius 1 is 1.18 bits per heavy atom. The summed E-state index contributed by atoms with van der Waals surface area (Å²) >= 11 is 0. The molecule has 102 valence electrons. The lowest BCUT2D eigenvalue weighted by Crippen LogP contribution is -2.39. The minimum absolute atomic E-state index is 0.193. The van der Waals surface area contributed by atoms with E-state index in [2.05, 4.69) is 25.8 Å². The maximum Gasteiger partial charge on any atom is 0.0499 e. The monoisotopic (exact) mass is 241 g/mol. The highest BCUT2D eigenvalue weighted by Gasteiger charge is 2.31. The highest BCUT2D eigenvalue weighted by Crippen LogP contribution is 2.35. The van der Waals surface area contributed by atoms with Gasteiger partial charge < -0.3 is 10.0 Å². The van der Waals surface area contributed by atoms with Gasteiger partial charge in [0.25, 0.3) is 0 Å². The van der Waals surface area contributed by atoms with Crippen LogP contribution in [0.25, 0.3) is 0 Å². The van der Waals surface area contributed by atoms with Crippen molar-refractivity contribution in [3.05, 3.63) is 0 Å². The molecular formula is C15H31NO. The highest BCUT2D eigenvalue weighted by atomic mass is 16.3. The van der Waals surface area contributed by atoms with E-state index in [-0.39, 0.29) is 5.41 Å². The van der Waals surface area contributed by atoms with E-state index >= 15 is 0 Å². The number of hydrogen-bond donors (Lipinski definition) is 1. The Morgan fingerprint density at radius 3 is 2.24 bits per heavy atom. The molecule has 1 atom stereocenters. The first-order chi connectivity index (χ1) is 8.12. The quantitative estimate of drug-likeness (QED) is 0.721. The Labute approximate surface area is 107 Å². The van der Waals surface area contributed by atoms with E-state index in [9.17, 15) is 5.11 Å². The van der Waals surface area contributed by atoms with Crippen LogP contribution in [0.15, 0.2) is 0 Å². The molecule has 1 aliphatic rings. The van der Waals surface area contributed by atoms with Gasteiger partial charge in [-0.05, 0) is 25.8 Å². The van der Waals surface area contributed by atoms with Crippen molar-refractivity contribution in [3.8, 4) is 0 Å². The second-order valence-electron chi connectivity index (χ2n) is 6.28. The third kappa shape index (κ3) is 4.97. The first-order valence-electron chi connectivity index (χ1n) is 7.41. The molecule has 1 rings (SSSR count). The normalized spacial score (nSPS) is 22.4. The molecule has 1 N–H and O–H groups in total. The molecule has 0 aromatic heterocycles. The Bertz CT molecular complexity index is 197. The SMILES string of the molecule is CCC(C)CN(C)CC1(CO)CCCCCC1. The summed E-state index contributed by atoms with van der Waals surface area (Å²) in [5.74, 6) is 0.765. The van der Waals surface area contributed by atoms with Crippen LogP contribution in [-0.2, 0) is 0 Å². The zero-order chi connectivity index (χ0) is 12.7. The van der Waals surface area contributed by atoms with Crippen molar-refractivity contribution in [3.63, 3.8) is 0 Å². The number of nitrogens with zero attached hydrogens (tertiary/aromatic N) is 1. The van der Waals surface area contributed by atoms with Crippen molar-refractivity contribution < 1.29 is 5.11 Å². The zero-order valence-electron chi connectivity index (χ0n) is 12.0. The molecule has 0 aromatic rings. The summed E-state index contributed by atoms with van der Waals surface area (Å²) in [7, 11) is 2.22. The summed E-state index contributed by atoms with van der Waals surface area (Å²) < 4.78 is 0. The summed E-state index contributed by atoms with van der Waals surface area (Å²) in [6, 6.07) is 0. The van der Waals surface area contributed by atoms with Crippen molar-refractivity contribution in [1.82, 2.24) is 4.90 Å². The van der Waals surface area contributed by atoms with Gasteiger partial charge in [0.15, 0.2) is 0 Å². The largest absolute Gasteiger partial charge is 0.396 e. The molecule has 2 heteroatoms. The third-order valence-electron chi connectivity index (χ3n) is 4.43. The molecule has 17 heavy (non-hydrogen) atoms. The lowest BCUT2D eigenvalue weighted by molar-refractivity contribution is 0.0641. The topological polar surface area (TPSA) is 23.5 Å². The highest BCUT2D eigenvalue weighted by molar-refractivity contribution is 4.84. The third-order valence-corrected chi connectivity index (χ3v) is 4.43. The van der Waals surface area contributed by atoms with Crippen LogP contribution in [0.3, 0.4) is 0 Å². The summed E-state index contributed by atoms with van der Waals surface area (Å²) in [5, 5.41) is 9.78. The lowest BCUT2D eigenvalue weighted by Gasteiger charge is -2.35. The van der Waals surface area contributed by atoms with Crippen LogP contribution in [0.5, 0.6) is 0 Å². The summed E-state index contributed by atoms with van der Waals surface area (Å²) in [5.41, 5.74) is 0.193. The fourth-order valence-corrected chi connectivity index (χ4v) is 3.14. The molecule has 1 aliphatic carbocycles. The molecule has 1 unspecified atom stereocenters. The van der Waals surface area contributed by atoms with E-state index in [1.54, 1.807) is 0 Å². The van der Waals surface area contributed by atoms with E-state index < -0.39 is 0 Å². The molecule has 1 fully saturated rings. The maximum absolute atomic E-state index is 9.78. The molecule has 0 amide bonds. The van der Waals surface area contributed by atoms with E-state index in [1.807, 2.05) is 0 Å². The van der Waals surface area contributed by atoms with Crippen molar-refractivity contribution in [2.24, 2.45) is 11.3 Å². The van der Waals surface area contributed by atoms with E-state index in [0.717, 1.165) is 19.0 Å². The Kier molecular flexibility index (Phi) is 6.50. The first-order valence-corrected chi connectivity index (χ1v) is 7.41. The minimum Gasteiger partial charge on any atom is -0.396 e. The Hall–Kier alpha value is -0.0800. The van der Waals surface area contributed by atoms with Crippen LogP contribution in [-0.4, -0.2) is 36.8 Å². The molecule has 1 saturated carbocycles. The van der Waals surface area contributed by atoms with Crippen LogP contribution in [0.4, 0.5) is 0 Å². The van der Waals surface area contributed by atoms with Crippen molar-refractivity contribution >= 4 is 0 Å². The predicted octanol–water partition coefficient (Wildman–Crippen LogP) is 3.30. The van der Waals surface area contributed by atoms with Gasteiger partial charge in [-0.2, -0.15) is 0 Å². The maximum atomic E-state index is 9.78. The minimum atomic E-state index is 0.193. The average molecular weight is 241 g/mol. The standard InChI is InChI=1S/C15H31NO/c1-4-14(2)11-16(3)12-15(13-17)9-7-5-6-8-10-15/h14,17H,4-13H2,1-3H3. The van der Waals surface area contributed by atoms with Gasteiger partial charge in [0, 0.05) is 25.1 Å². The van der Waals surface area contributed by atoms with Crippen LogP contribution in [0, 0.1) is 11.3 Å². The van der Waals surface area contributed by atoms with Gasteiger partial charge in [0.05, 0.1) is 0 Å². The van der Waals surface area contributed by atoms with Gasteiger partial charge in [-0.15, -0.1) is 0 Å². The van der Waals surface area contributed by atoms with Gasteiger partial charge >= 0.3 is 0 Å².